The van der Waals surface area contributed by atoms with E-state index in [9.17, 15) is 9.18 Å². The molecule has 5 heteroatoms. The Hall–Kier alpha value is -1.68. The van der Waals surface area contributed by atoms with Crippen molar-refractivity contribution in [2.75, 3.05) is 0 Å². The Balaban J connectivity index is 2.49. The number of carbonyl (C=O) groups excluding carboxylic acids is 1. The highest BCUT2D eigenvalue weighted by Gasteiger charge is 2.19. The van der Waals surface area contributed by atoms with Gasteiger partial charge in [0.15, 0.2) is 5.78 Å². The number of aryl methyl sites for hydroxylation is 1. The van der Waals surface area contributed by atoms with Crippen molar-refractivity contribution in [3.8, 4) is 0 Å². The van der Waals surface area contributed by atoms with E-state index in [1.54, 1.807) is 11.6 Å². The maximum atomic E-state index is 13.4. The van der Waals surface area contributed by atoms with Crippen LogP contribution in [0.5, 0.6) is 0 Å². The average molecular weight is 309 g/mol. The molecule has 1 heterocycles. The van der Waals surface area contributed by atoms with Gasteiger partial charge < -0.3 is 0 Å². The van der Waals surface area contributed by atoms with Crippen LogP contribution >= 0.6 is 11.6 Å². The number of rotatable bonds is 5. The summed E-state index contributed by atoms with van der Waals surface area (Å²) < 4.78 is 15.1. The molecule has 0 atom stereocenters. The lowest BCUT2D eigenvalue weighted by atomic mass is 10.1. The van der Waals surface area contributed by atoms with Crippen molar-refractivity contribution >= 4 is 17.4 Å². The van der Waals surface area contributed by atoms with Crippen molar-refractivity contribution in [3.63, 3.8) is 0 Å². The summed E-state index contributed by atoms with van der Waals surface area (Å²) in [5.74, 6) is -0.317. The van der Waals surface area contributed by atoms with Crippen LogP contribution in [-0.2, 0) is 19.4 Å². The number of Topliss-reactive ketones (excluding diaryl/α,β-unsaturated/α-hetero) is 1. The zero-order chi connectivity index (χ0) is 15.6. The first-order valence-electron chi connectivity index (χ1n) is 7.01. The first-order chi connectivity index (χ1) is 9.97. The summed E-state index contributed by atoms with van der Waals surface area (Å²) in [5, 5.41) is 5.00. The molecule has 2 rings (SSSR count). The van der Waals surface area contributed by atoms with Crippen molar-refractivity contribution in [1.29, 1.82) is 0 Å². The predicted molar refractivity (Wildman–Crippen MR) is 81.5 cm³/mol. The molecule has 0 spiro atoms. The predicted octanol–water partition coefficient (Wildman–Crippen LogP) is 4.05. The molecule has 0 saturated heterocycles. The molecule has 1 aromatic carbocycles. The quantitative estimate of drug-likeness (QED) is 0.781. The van der Waals surface area contributed by atoms with Crippen LogP contribution in [0.4, 0.5) is 4.39 Å². The Bertz CT molecular complexity index is 679. The van der Waals surface area contributed by atoms with Crippen molar-refractivity contribution in [1.82, 2.24) is 9.78 Å². The smallest absolute Gasteiger partial charge is 0.163 e. The van der Waals surface area contributed by atoms with E-state index in [0.29, 0.717) is 35.5 Å². The Morgan fingerprint density at radius 2 is 2.05 bits per heavy atom. The fraction of sp³-hybridized carbons (Fsp3) is 0.375. The molecule has 2 aromatic rings. The molecule has 0 bridgehead atoms. The van der Waals surface area contributed by atoms with Crippen molar-refractivity contribution < 1.29 is 9.18 Å². The van der Waals surface area contributed by atoms with E-state index in [2.05, 4.69) is 5.10 Å². The van der Waals surface area contributed by atoms with Gasteiger partial charge in [-0.2, -0.15) is 5.10 Å². The van der Waals surface area contributed by atoms with Gasteiger partial charge in [0.2, 0.25) is 0 Å². The maximum absolute atomic E-state index is 13.4. The zero-order valence-electron chi connectivity index (χ0n) is 12.4. The van der Waals surface area contributed by atoms with Gasteiger partial charge in [-0.15, -0.1) is 0 Å². The molecule has 0 fully saturated rings. The highest BCUT2D eigenvalue weighted by atomic mass is 35.5. The summed E-state index contributed by atoms with van der Waals surface area (Å²) in [4.78, 5) is 11.9. The van der Waals surface area contributed by atoms with Crippen LogP contribution in [0.15, 0.2) is 18.2 Å². The van der Waals surface area contributed by atoms with Crippen molar-refractivity contribution in [3.05, 3.63) is 51.6 Å². The fourth-order valence-corrected chi connectivity index (χ4v) is 2.70. The number of carbonyl (C=O) groups is 1. The third kappa shape index (κ3) is 3.16. The standard InChI is InChI=1S/C16H18ClFN2O/c1-4-14-16(10(3)21)15(5-2)20(19-14)9-11-8-12(18)6-7-13(11)17/h6-8H,4-5,9H2,1-3H3. The second-order valence-corrected chi connectivity index (χ2v) is 5.33. The minimum atomic E-state index is -0.331. The van der Waals surface area contributed by atoms with Gasteiger partial charge in [0.1, 0.15) is 5.82 Å². The summed E-state index contributed by atoms with van der Waals surface area (Å²) in [6, 6.07) is 4.27. The molecule has 3 nitrogen and oxygen atoms in total. The third-order valence-electron chi connectivity index (χ3n) is 3.48. The zero-order valence-corrected chi connectivity index (χ0v) is 13.2. The minimum absolute atomic E-state index is 0.0142. The van der Waals surface area contributed by atoms with E-state index < -0.39 is 0 Å². The van der Waals surface area contributed by atoms with E-state index in [0.717, 1.165) is 11.4 Å². The van der Waals surface area contributed by atoms with Gasteiger partial charge in [0.25, 0.3) is 0 Å². The van der Waals surface area contributed by atoms with Crippen molar-refractivity contribution in [2.45, 2.75) is 40.2 Å². The number of benzene rings is 1. The van der Waals surface area contributed by atoms with Crippen LogP contribution in [0.25, 0.3) is 0 Å². The number of nitrogens with zero attached hydrogens (tertiary/aromatic N) is 2. The van der Waals surface area contributed by atoms with Gasteiger partial charge >= 0.3 is 0 Å². The summed E-state index contributed by atoms with van der Waals surface area (Å²) in [5.41, 5.74) is 3.01. The Labute approximate surface area is 128 Å². The van der Waals surface area contributed by atoms with Gasteiger partial charge in [0, 0.05) is 10.7 Å². The number of hydrogen-bond acceptors (Lipinski definition) is 2. The maximum Gasteiger partial charge on any atom is 0.163 e. The summed E-state index contributed by atoms with van der Waals surface area (Å²) in [7, 11) is 0. The SMILES string of the molecule is CCc1nn(Cc2cc(F)ccc2Cl)c(CC)c1C(C)=O. The van der Waals surface area contributed by atoms with Gasteiger partial charge in [0.05, 0.1) is 17.8 Å². The first kappa shape index (κ1) is 15.7. The number of hydrogen-bond donors (Lipinski definition) is 0. The summed E-state index contributed by atoms with van der Waals surface area (Å²) in [6.07, 6.45) is 1.38. The van der Waals surface area contributed by atoms with Crippen LogP contribution in [-0.4, -0.2) is 15.6 Å². The average Bonchev–Trinajstić information content (AvgIpc) is 2.80. The third-order valence-corrected chi connectivity index (χ3v) is 3.85. The lowest BCUT2D eigenvalue weighted by Gasteiger charge is -2.09. The van der Waals surface area contributed by atoms with E-state index in [-0.39, 0.29) is 11.6 Å². The van der Waals surface area contributed by atoms with Gasteiger partial charge in [-0.3, -0.25) is 9.48 Å². The highest BCUT2D eigenvalue weighted by Crippen LogP contribution is 2.22. The Morgan fingerprint density at radius 3 is 2.62 bits per heavy atom. The summed E-state index contributed by atoms with van der Waals surface area (Å²) >= 11 is 6.11. The molecule has 0 amide bonds. The van der Waals surface area contributed by atoms with Crippen LogP contribution in [0.1, 0.15) is 48.1 Å². The topological polar surface area (TPSA) is 34.9 Å². The first-order valence-corrected chi connectivity index (χ1v) is 7.39. The van der Waals surface area contributed by atoms with Crippen LogP contribution < -0.4 is 0 Å². The molecule has 0 aliphatic rings. The molecule has 112 valence electrons. The second-order valence-electron chi connectivity index (χ2n) is 4.93. The lowest BCUT2D eigenvalue weighted by molar-refractivity contribution is 0.101. The summed E-state index contributed by atoms with van der Waals surface area (Å²) in [6.45, 7) is 5.86. The molecule has 0 radical (unpaired) electrons. The molecular weight excluding hydrogens is 291 g/mol. The van der Waals surface area contributed by atoms with E-state index in [1.165, 1.54) is 18.2 Å². The highest BCUT2D eigenvalue weighted by molar-refractivity contribution is 6.31. The molecule has 0 saturated carbocycles. The number of ketones is 1. The van der Waals surface area contributed by atoms with E-state index in [1.807, 2.05) is 13.8 Å². The van der Waals surface area contributed by atoms with Crippen LogP contribution in [0.3, 0.4) is 0 Å². The monoisotopic (exact) mass is 308 g/mol. The largest absolute Gasteiger partial charge is 0.294 e. The van der Waals surface area contributed by atoms with Crippen LogP contribution in [0.2, 0.25) is 5.02 Å². The minimum Gasteiger partial charge on any atom is -0.294 e. The van der Waals surface area contributed by atoms with E-state index in [4.69, 9.17) is 11.6 Å². The number of aromatic nitrogens is 2. The fourth-order valence-electron chi connectivity index (χ4n) is 2.52. The van der Waals surface area contributed by atoms with Gasteiger partial charge in [-0.25, -0.2) is 4.39 Å². The van der Waals surface area contributed by atoms with Crippen molar-refractivity contribution in [2.24, 2.45) is 0 Å². The number of halogens is 2. The second kappa shape index (κ2) is 6.39. The molecular formula is C16H18ClFN2O. The molecule has 0 aliphatic carbocycles. The lowest BCUT2D eigenvalue weighted by Crippen LogP contribution is -2.08. The molecule has 21 heavy (non-hydrogen) atoms. The van der Waals surface area contributed by atoms with Gasteiger partial charge in [-0.1, -0.05) is 25.4 Å². The molecule has 0 N–H and O–H groups in total. The normalized spacial score (nSPS) is 10.9. The Kier molecular flexibility index (Phi) is 4.78. The van der Waals surface area contributed by atoms with Crippen LogP contribution in [0, 0.1) is 5.82 Å². The van der Waals surface area contributed by atoms with E-state index >= 15 is 0 Å². The molecule has 1 aromatic heterocycles. The van der Waals surface area contributed by atoms with Gasteiger partial charge in [-0.05, 0) is 43.5 Å². The molecule has 0 unspecified atom stereocenters. The Morgan fingerprint density at radius 1 is 1.33 bits per heavy atom. The molecule has 0 aliphatic heterocycles.